The summed E-state index contributed by atoms with van der Waals surface area (Å²) in [5.41, 5.74) is 7.19. The van der Waals surface area contributed by atoms with Gasteiger partial charge < -0.3 is 11.1 Å². The second-order valence-corrected chi connectivity index (χ2v) is 7.44. The maximum absolute atomic E-state index is 11.0. The van der Waals surface area contributed by atoms with Gasteiger partial charge in [-0.3, -0.25) is 4.79 Å². The monoisotopic (exact) mass is 321 g/mol. The Hall–Kier alpha value is -1.24. The minimum atomic E-state index is -0.356. The van der Waals surface area contributed by atoms with E-state index in [1.807, 2.05) is 22.8 Å². The predicted octanol–water partition coefficient (Wildman–Crippen LogP) is 2.51. The zero-order valence-corrected chi connectivity index (χ0v) is 13.5. The number of aryl methyl sites for hydroxylation is 2. The molecule has 0 radical (unpaired) electrons. The Morgan fingerprint density at radius 3 is 3.00 bits per heavy atom. The number of hydrogen-bond donors (Lipinski definition) is 2. The fourth-order valence-electron chi connectivity index (χ4n) is 2.52. The van der Waals surface area contributed by atoms with Crippen molar-refractivity contribution in [2.24, 2.45) is 5.73 Å². The highest BCUT2D eigenvalue weighted by Gasteiger charge is 2.14. The Bertz CT molecular complexity index is 609. The van der Waals surface area contributed by atoms with Crippen LogP contribution in [-0.4, -0.2) is 17.4 Å². The van der Waals surface area contributed by atoms with E-state index >= 15 is 0 Å². The quantitative estimate of drug-likeness (QED) is 0.803. The van der Waals surface area contributed by atoms with E-state index in [0.717, 1.165) is 30.8 Å². The third-order valence-electron chi connectivity index (χ3n) is 3.64. The van der Waals surface area contributed by atoms with Crippen molar-refractivity contribution in [3.05, 3.63) is 37.5 Å². The van der Waals surface area contributed by atoms with Crippen LogP contribution in [0.25, 0.3) is 0 Å². The molecule has 0 aromatic carbocycles. The summed E-state index contributed by atoms with van der Waals surface area (Å²) in [7, 11) is 0. The topological polar surface area (TPSA) is 68.0 Å². The van der Waals surface area contributed by atoms with Crippen LogP contribution in [0.2, 0.25) is 0 Å². The average Bonchev–Trinajstić information content (AvgIpc) is 3.10. The number of fused-ring (bicyclic) bond motifs is 1. The summed E-state index contributed by atoms with van der Waals surface area (Å²) >= 11 is 3.45. The SMILES string of the molecule is NC(=O)c1csc(CNCCc2nc3c(s2)CCCC3)c1. The summed E-state index contributed by atoms with van der Waals surface area (Å²) in [6.07, 6.45) is 5.95. The normalized spacial score (nSPS) is 14.1. The van der Waals surface area contributed by atoms with E-state index in [1.165, 1.54) is 34.8 Å². The minimum Gasteiger partial charge on any atom is -0.366 e. The second kappa shape index (κ2) is 6.68. The molecular weight excluding hydrogens is 302 g/mol. The standard InChI is InChI=1S/C15H19N3OS2/c16-15(19)10-7-11(20-9-10)8-17-6-5-14-18-12-3-1-2-4-13(12)21-14/h7,9,17H,1-6,8H2,(H2,16,19). The van der Waals surface area contributed by atoms with Crippen molar-refractivity contribution in [3.8, 4) is 0 Å². The van der Waals surface area contributed by atoms with Crippen molar-refractivity contribution in [2.75, 3.05) is 6.54 Å². The van der Waals surface area contributed by atoms with E-state index < -0.39 is 0 Å². The van der Waals surface area contributed by atoms with E-state index in [9.17, 15) is 4.79 Å². The van der Waals surface area contributed by atoms with Crippen LogP contribution in [0.4, 0.5) is 0 Å². The van der Waals surface area contributed by atoms with Crippen LogP contribution in [0.5, 0.6) is 0 Å². The number of rotatable bonds is 6. The molecule has 6 heteroatoms. The van der Waals surface area contributed by atoms with E-state index in [-0.39, 0.29) is 5.91 Å². The molecule has 4 nitrogen and oxygen atoms in total. The Morgan fingerprint density at radius 1 is 1.38 bits per heavy atom. The summed E-state index contributed by atoms with van der Waals surface area (Å²) in [6.45, 7) is 1.69. The minimum absolute atomic E-state index is 0.356. The fraction of sp³-hybridized carbons (Fsp3) is 0.467. The molecule has 1 aliphatic rings. The van der Waals surface area contributed by atoms with Crippen molar-refractivity contribution in [1.82, 2.24) is 10.3 Å². The summed E-state index contributed by atoms with van der Waals surface area (Å²) < 4.78 is 0. The fourth-order valence-corrected chi connectivity index (χ4v) is 4.52. The van der Waals surface area contributed by atoms with E-state index in [2.05, 4.69) is 5.32 Å². The Morgan fingerprint density at radius 2 is 2.24 bits per heavy atom. The number of nitrogens with one attached hydrogen (secondary N) is 1. The van der Waals surface area contributed by atoms with E-state index in [4.69, 9.17) is 10.7 Å². The lowest BCUT2D eigenvalue weighted by molar-refractivity contribution is 0.100. The number of amides is 1. The first-order valence-electron chi connectivity index (χ1n) is 7.28. The zero-order valence-electron chi connectivity index (χ0n) is 11.9. The van der Waals surface area contributed by atoms with Gasteiger partial charge in [-0.15, -0.1) is 22.7 Å². The van der Waals surface area contributed by atoms with Crippen LogP contribution in [0.15, 0.2) is 11.4 Å². The molecule has 0 saturated heterocycles. The lowest BCUT2D eigenvalue weighted by Gasteiger charge is -2.06. The smallest absolute Gasteiger partial charge is 0.249 e. The highest BCUT2D eigenvalue weighted by atomic mass is 32.1. The van der Waals surface area contributed by atoms with Gasteiger partial charge in [0.2, 0.25) is 5.91 Å². The number of thiazole rings is 1. The maximum Gasteiger partial charge on any atom is 0.249 e. The number of aromatic nitrogens is 1. The molecule has 0 aliphatic heterocycles. The number of nitrogens with zero attached hydrogens (tertiary/aromatic N) is 1. The van der Waals surface area contributed by atoms with Gasteiger partial charge in [0.15, 0.2) is 0 Å². The number of carbonyl (C=O) groups is 1. The number of thiophene rings is 1. The predicted molar refractivity (Wildman–Crippen MR) is 87.0 cm³/mol. The molecule has 1 amide bonds. The summed E-state index contributed by atoms with van der Waals surface area (Å²) in [5.74, 6) is -0.356. The third-order valence-corrected chi connectivity index (χ3v) is 5.80. The maximum atomic E-state index is 11.0. The molecule has 0 spiro atoms. The number of primary amides is 1. The van der Waals surface area contributed by atoms with Crippen molar-refractivity contribution >= 4 is 28.6 Å². The molecule has 0 atom stereocenters. The van der Waals surface area contributed by atoms with Gasteiger partial charge in [-0.2, -0.15) is 0 Å². The average molecular weight is 321 g/mol. The van der Waals surface area contributed by atoms with Crippen molar-refractivity contribution in [3.63, 3.8) is 0 Å². The largest absolute Gasteiger partial charge is 0.366 e. The second-order valence-electron chi connectivity index (χ2n) is 5.28. The van der Waals surface area contributed by atoms with Gasteiger partial charge in [-0.25, -0.2) is 4.98 Å². The van der Waals surface area contributed by atoms with Crippen LogP contribution >= 0.6 is 22.7 Å². The lowest BCUT2D eigenvalue weighted by atomic mass is 10.0. The molecule has 2 aromatic heterocycles. The van der Waals surface area contributed by atoms with Crippen LogP contribution in [0.1, 0.15) is 43.7 Å². The molecule has 1 aliphatic carbocycles. The van der Waals surface area contributed by atoms with Gasteiger partial charge in [0, 0.05) is 34.6 Å². The summed E-state index contributed by atoms with van der Waals surface area (Å²) in [6, 6.07) is 1.86. The van der Waals surface area contributed by atoms with Crippen LogP contribution in [0.3, 0.4) is 0 Å². The molecule has 0 unspecified atom stereocenters. The van der Waals surface area contributed by atoms with E-state index in [0.29, 0.717) is 5.56 Å². The lowest BCUT2D eigenvalue weighted by Crippen LogP contribution is -2.16. The van der Waals surface area contributed by atoms with Crippen LogP contribution in [0, 0.1) is 0 Å². The highest BCUT2D eigenvalue weighted by molar-refractivity contribution is 7.11. The molecule has 21 heavy (non-hydrogen) atoms. The Balaban J connectivity index is 1.45. The van der Waals surface area contributed by atoms with Crippen LogP contribution in [-0.2, 0) is 25.8 Å². The molecule has 0 saturated carbocycles. The van der Waals surface area contributed by atoms with Crippen molar-refractivity contribution in [1.29, 1.82) is 0 Å². The first-order chi connectivity index (χ1) is 10.2. The molecule has 0 bridgehead atoms. The van der Waals surface area contributed by atoms with Gasteiger partial charge >= 0.3 is 0 Å². The zero-order chi connectivity index (χ0) is 14.7. The molecular formula is C15H19N3OS2. The molecule has 0 fully saturated rings. The van der Waals surface area contributed by atoms with Gasteiger partial charge in [0.05, 0.1) is 16.3 Å². The van der Waals surface area contributed by atoms with Gasteiger partial charge in [-0.05, 0) is 31.7 Å². The number of carbonyl (C=O) groups excluding carboxylic acids is 1. The highest BCUT2D eigenvalue weighted by Crippen LogP contribution is 2.26. The Kier molecular flexibility index (Phi) is 4.67. The van der Waals surface area contributed by atoms with Gasteiger partial charge in [-0.1, -0.05) is 0 Å². The van der Waals surface area contributed by atoms with Gasteiger partial charge in [0.25, 0.3) is 0 Å². The molecule has 3 N–H and O–H groups in total. The molecule has 2 heterocycles. The van der Waals surface area contributed by atoms with Gasteiger partial charge in [0.1, 0.15) is 0 Å². The molecule has 3 rings (SSSR count). The molecule has 2 aromatic rings. The van der Waals surface area contributed by atoms with Crippen molar-refractivity contribution in [2.45, 2.75) is 38.6 Å². The molecule has 112 valence electrons. The van der Waals surface area contributed by atoms with Crippen LogP contribution < -0.4 is 11.1 Å². The third kappa shape index (κ3) is 3.70. The number of hydrogen-bond acceptors (Lipinski definition) is 5. The summed E-state index contributed by atoms with van der Waals surface area (Å²) in [4.78, 5) is 18.4. The van der Waals surface area contributed by atoms with E-state index in [1.54, 1.807) is 11.3 Å². The number of nitrogens with two attached hydrogens (primary N) is 1. The van der Waals surface area contributed by atoms with Crippen molar-refractivity contribution < 1.29 is 4.79 Å². The Labute approximate surface area is 132 Å². The first kappa shape index (κ1) is 14.7. The first-order valence-corrected chi connectivity index (χ1v) is 8.97. The summed E-state index contributed by atoms with van der Waals surface area (Å²) in [5, 5.41) is 6.47.